The summed E-state index contributed by atoms with van der Waals surface area (Å²) in [5.74, 6) is 3.31. The fourth-order valence-corrected chi connectivity index (χ4v) is 2.26. The van der Waals surface area contributed by atoms with Gasteiger partial charge in [-0.1, -0.05) is 27.7 Å². The maximum atomic E-state index is 4.66. The fourth-order valence-electron chi connectivity index (χ4n) is 2.26. The number of aromatic nitrogens is 3. The normalized spacial score (nSPS) is 21.1. The van der Waals surface area contributed by atoms with Crippen molar-refractivity contribution in [2.24, 2.45) is 5.92 Å². The minimum absolute atomic E-state index is 0.441. The lowest BCUT2D eigenvalue weighted by Crippen LogP contribution is -2.23. The Morgan fingerprint density at radius 3 is 2.60 bits per heavy atom. The van der Waals surface area contributed by atoms with Gasteiger partial charge in [0.25, 0.3) is 0 Å². The second-order valence-corrected chi connectivity index (χ2v) is 5.19. The molecular weight excluding hydrogens is 186 g/mol. The highest BCUT2D eigenvalue weighted by molar-refractivity contribution is 5.01. The van der Waals surface area contributed by atoms with Gasteiger partial charge in [0.1, 0.15) is 5.82 Å². The van der Waals surface area contributed by atoms with Crippen molar-refractivity contribution in [2.75, 3.05) is 0 Å². The van der Waals surface area contributed by atoms with Gasteiger partial charge in [-0.05, 0) is 18.8 Å². The first-order valence-corrected chi connectivity index (χ1v) is 6.05. The molecule has 1 unspecified atom stereocenters. The van der Waals surface area contributed by atoms with Crippen LogP contribution in [0.4, 0.5) is 0 Å². The molecule has 1 aliphatic rings. The monoisotopic (exact) mass is 207 g/mol. The first-order chi connectivity index (χ1) is 7.09. The molecule has 0 bridgehead atoms. The molecule has 0 saturated carbocycles. The zero-order valence-electron chi connectivity index (χ0n) is 10.2. The Kier molecular flexibility index (Phi) is 2.81. The number of fused-ring (bicyclic) bond motifs is 1. The fraction of sp³-hybridized carbons (Fsp3) is 0.833. The first kappa shape index (κ1) is 10.7. The maximum Gasteiger partial charge on any atom is 0.153 e. The van der Waals surface area contributed by atoms with Gasteiger partial charge in [-0.25, -0.2) is 9.67 Å². The van der Waals surface area contributed by atoms with Crippen LogP contribution in [0.15, 0.2) is 0 Å². The number of rotatable bonds is 2. The molecule has 2 rings (SSSR count). The molecule has 1 atom stereocenters. The van der Waals surface area contributed by atoms with Gasteiger partial charge in [-0.15, -0.1) is 0 Å². The number of hydrogen-bond acceptors (Lipinski definition) is 2. The summed E-state index contributed by atoms with van der Waals surface area (Å²) in [7, 11) is 0. The smallest absolute Gasteiger partial charge is 0.153 e. The van der Waals surface area contributed by atoms with Gasteiger partial charge < -0.3 is 0 Å². The predicted octanol–water partition coefficient (Wildman–Crippen LogP) is 2.93. The van der Waals surface area contributed by atoms with E-state index in [0.29, 0.717) is 17.9 Å². The maximum absolute atomic E-state index is 4.66. The molecule has 1 aromatic rings. The lowest BCUT2D eigenvalue weighted by molar-refractivity contribution is 0.283. The minimum Gasteiger partial charge on any atom is -0.247 e. The molecule has 0 saturated heterocycles. The third kappa shape index (κ3) is 1.92. The molecule has 0 radical (unpaired) electrons. The molecule has 84 valence electrons. The van der Waals surface area contributed by atoms with Gasteiger partial charge in [0, 0.05) is 12.3 Å². The molecule has 0 aromatic carbocycles. The topological polar surface area (TPSA) is 30.7 Å². The molecule has 0 spiro atoms. The Balaban J connectivity index is 2.34. The Hall–Kier alpha value is -0.860. The molecule has 1 aromatic heterocycles. The van der Waals surface area contributed by atoms with Crippen LogP contribution in [0.5, 0.6) is 0 Å². The van der Waals surface area contributed by atoms with Crippen molar-refractivity contribution in [3.8, 4) is 0 Å². The van der Waals surface area contributed by atoms with E-state index in [2.05, 4.69) is 42.5 Å². The van der Waals surface area contributed by atoms with Crippen LogP contribution in [0.3, 0.4) is 0 Å². The van der Waals surface area contributed by atoms with E-state index in [1.54, 1.807) is 0 Å². The van der Waals surface area contributed by atoms with Gasteiger partial charge in [0.15, 0.2) is 5.82 Å². The van der Waals surface area contributed by atoms with E-state index in [-0.39, 0.29) is 0 Å². The minimum atomic E-state index is 0.441. The van der Waals surface area contributed by atoms with Crippen molar-refractivity contribution in [3.63, 3.8) is 0 Å². The highest BCUT2D eigenvalue weighted by Gasteiger charge is 2.25. The lowest BCUT2D eigenvalue weighted by Gasteiger charge is -2.26. The largest absolute Gasteiger partial charge is 0.247 e. The van der Waals surface area contributed by atoms with Crippen LogP contribution in [0, 0.1) is 5.92 Å². The van der Waals surface area contributed by atoms with Gasteiger partial charge >= 0.3 is 0 Å². The molecule has 1 aliphatic heterocycles. The van der Waals surface area contributed by atoms with E-state index < -0.39 is 0 Å². The Labute approximate surface area is 91.9 Å². The van der Waals surface area contributed by atoms with Crippen molar-refractivity contribution in [2.45, 2.75) is 58.9 Å². The number of nitrogens with zero attached hydrogens (tertiary/aromatic N) is 3. The second-order valence-electron chi connectivity index (χ2n) is 5.19. The Morgan fingerprint density at radius 2 is 2.00 bits per heavy atom. The number of hydrogen-bond donors (Lipinski definition) is 0. The third-order valence-corrected chi connectivity index (χ3v) is 3.22. The molecule has 3 nitrogen and oxygen atoms in total. The highest BCUT2D eigenvalue weighted by atomic mass is 15.4. The van der Waals surface area contributed by atoms with Crippen LogP contribution in [0.1, 0.15) is 64.1 Å². The summed E-state index contributed by atoms with van der Waals surface area (Å²) in [6, 6.07) is 0.564. The van der Waals surface area contributed by atoms with Crippen LogP contribution in [0.25, 0.3) is 0 Å². The van der Waals surface area contributed by atoms with Crippen molar-refractivity contribution in [1.29, 1.82) is 0 Å². The SMILES string of the molecule is CC(C)c1nc2n(n1)C(C(C)C)CCC2. The van der Waals surface area contributed by atoms with Gasteiger partial charge in [-0.2, -0.15) is 5.10 Å². The summed E-state index contributed by atoms with van der Waals surface area (Å²) < 4.78 is 2.18. The van der Waals surface area contributed by atoms with Crippen LogP contribution < -0.4 is 0 Å². The lowest BCUT2D eigenvalue weighted by atomic mass is 9.95. The molecule has 0 N–H and O–H groups in total. The van der Waals surface area contributed by atoms with Gasteiger partial charge in [-0.3, -0.25) is 0 Å². The van der Waals surface area contributed by atoms with E-state index in [1.807, 2.05) is 0 Å². The van der Waals surface area contributed by atoms with Gasteiger partial charge in [0.05, 0.1) is 6.04 Å². The zero-order valence-corrected chi connectivity index (χ0v) is 10.2. The third-order valence-electron chi connectivity index (χ3n) is 3.22. The molecule has 2 heterocycles. The second kappa shape index (κ2) is 3.95. The average Bonchev–Trinajstić information content (AvgIpc) is 2.60. The zero-order chi connectivity index (χ0) is 11.0. The predicted molar refractivity (Wildman–Crippen MR) is 60.9 cm³/mol. The van der Waals surface area contributed by atoms with Crippen molar-refractivity contribution in [1.82, 2.24) is 14.8 Å². The summed E-state index contributed by atoms with van der Waals surface area (Å²) >= 11 is 0. The molecule has 3 heteroatoms. The highest BCUT2D eigenvalue weighted by Crippen LogP contribution is 2.29. The Morgan fingerprint density at radius 1 is 1.27 bits per heavy atom. The first-order valence-electron chi connectivity index (χ1n) is 6.05. The van der Waals surface area contributed by atoms with E-state index in [1.165, 1.54) is 18.7 Å². The molecule has 0 amide bonds. The molecule has 15 heavy (non-hydrogen) atoms. The van der Waals surface area contributed by atoms with Crippen molar-refractivity contribution < 1.29 is 0 Å². The summed E-state index contributed by atoms with van der Waals surface area (Å²) in [4.78, 5) is 4.63. The van der Waals surface area contributed by atoms with Crippen LogP contribution in [-0.2, 0) is 6.42 Å². The Bertz CT molecular complexity index is 339. The molecule has 0 fully saturated rings. The quantitative estimate of drug-likeness (QED) is 0.746. The summed E-state index contributed by atoms with van der Waals surface area (Å²) in [5, 5.41) is 4.66. The van der Waals surface area contributed by atoms with Crippen LogP contribution in [-0.4, -0.2) is 14.8 Å². The van der Waals surface area contributed by atoms with E-state index in [0.717, 1.165) is 12.2 Å². The number of aryl methyl sites for hydroxylation is 1. The van der Waals surface area contributed by atoms with Crippen LogP contribution in [0.2, 0.25) is 0 Å². The summed E-state index contributed by atoms with van der Waals surface area (Å²) in [6.07, 6.45) is 3.62. The van der Waals surface area contributed by atoms with Gasteiger partial charge in [0.2, 0.25) is 0 Å². The van der Waals surface area contributed by atoms with E-state index >= 15 is 0 Å². The summed E-state index contributed by atoms with van der Waals surface area (Å²) in [5.41, 5.74) is 0. The van der Waals surface area contributed by atoms with Crippen LogP contribution >= 0.6 is 0 Å². The average molecular weight is 207 g/mol. The van der Waals surface area contributed by atoms with Crippen molar-refractivity contribution >= 4 is 0 Å². The van der Waals surface area contributed by atoms with E-state index in [4.69, 9.17) is 0 Å². The standard InChI is InChI=1S/C12H21N3/c1-8(2)10-6-5-7-11-13-12(9(3)4)14-15(10)11/h8-10H,5-7H2,1-4H3. The van der Waals surface area contributed by atoms with E-state index in [9.17, 15) is 0 Å². The summed E-state index contributed by atoms with van der Waals surface area (Å²) in [6.45, 7) is 8.87. The molecule has 0 aliphatic carbocycles. The van der Waals surface area contributed by atoms with Crippen molar-refractivity contribution in [3.05, 3.63) is 11.6 Å². The molecular formula is C12H21N3.